The van der Waals surface area contributed by atoms with Gasteiger partial charge in [0.25, 0.3) is 0 Å². The average Bonchev–Trinajstić information content (AvgIpc) is 2.95. The van der Waals surface area contributed by atoms with Gasteiger partial charge in [-0.2, -0.15) is 5.10 Å². The molecule has 2 aromatic rings. The molecule has 1 aromatic heterocycles. The summed E-state index contributed by atoms with van der Waals surface area (Å²) in [4.78, 5) is 11.4. The molecule has 3 rings (SSSR count). The summed E-state index contributed by atoms with van der Waals surface area (Å²) in [7, 11) is 1.57. The van der Waals surface area contributed by atoms with Gasteiger partial charge in [-0.15, -0.1) is 0 Å². The Morgan fingerprint density at radius 1 is 1.34 bits per heavy atom. The fourth-order valence-electron chi connectivity index (χ4n) is 3.21. The fraction of sp³-hybridized carbons (Fsp3) is 0.474. The van der Waals surface area contributed by atoms with Gasteiger partial charge in [0.05, 0.1) is 35.9 Å². The molecule has 1 aromatic carbocycles. The zero-order chi connectivity index (χ0) is 20.8. The van der Waals surface area contributed by atoms with Crippen molar-refractivity contribution in [3.8, 4) is 5.88 Å². The van der Waals surface area contributed by atoms with Crippen molar-refractivity contribution >= 4 is 29.2 Å². The highest BCUT2D eigenvalue weighted by Gasteiger charge is 2.29. The van der Waals surface area contributed by atoms with E-state index >= 15 is 0 Å². The summed E-state index contributed by atoms with van der Waals surface area (Å²) in [6.07, 6.45) is -0.260. The van der Waals surface area contributed by atoms with E-state index in [0.29, 0.717) is 48.8 Å². The van der Waals surface area contributed by atoms with E-state index in [4.69, 9.17) is 37.4 Å². The molecule has 158 valence electrons. The van der Waals surface area contributed by atoms with Crippen LogP contribution in [0.25, 0.3) is 0 Å². The van der Waals surface area contributed by atoms with E-state index in [0.717, 1.165) is 5.56 Å². The van der Waals surface area contributed by atoms with Crippen LogP contribution in [0, 0.1) is 5.92 Å². The van der Waals surface area contributed by atoms with Gasteiger partial charge < -0.3 is 24.6 Å². The number of carboxylic acids is 1. The molecule has 0 spiro atoms. The maximum Gasteiger partial charge on any atom is 0.356 e. The van der Waals surface area contributed by atoms with Crippen LogP contribution in [-0.4, -0.2) is 60.9 Å². The third-order valence-corrected chi connectivity index (χ3v) is 5.33. The maximum atomic E-state index is 11.4. The van der Waals surface area contributed by atoms with Crippen LogP contribution in [0.5, 0.6) is 5.88 Å². The van der Waals surface area contributed by atoms with Crippen LogP contribution in [0.1, 0.15) is 22.2 Å². The maximum absolute atomic E-state index is 11.4. The molecule has 2 unspecified atom stereocenters. The number of halogens is 2. The minimum absolute atomic E-state index is 0.0407. The molecule has 0 amide bonds. The number of methoxy groups -OCH3 is 1. The number of benzene rings is 1. The second-order valence-corrected chi connectivity index (χ2v) is 7.44. The minimum Gasteiger partial charge on any atom is -0.476 e. The first-order valence-corrected chi connectivity index (χ1v) is 9.95. The Kier molecular flexibility index (Phi) is 7.74. The number of aromatic nitrogens is 2. The molecule has 2 heterocycles. The molecule has 2 atom stereocenters. The van der Waals surface area contributed by atoms with Crippen molar-refractivity contribution in [1.82, 2.24) is 15.1 Å². The van der Waals surface area contributed by atoms with Crippen LogP contribution in [0.3, 0.4) is 0 Å². The summed E-state index contributed by atoms with van der Waals surface area (Å²) in [6, 6.07) is 6.85. The molecule has 1 aliphatic heterocycles. The van der Waals surface area contributed by atoms with Crippen molar-refractivity contribution in [2.45, 2.75) is 12.6 Å². The van der Waals surface area contributed by atoms with E-state index in [1.54, 1.807) is 23.9 Å². The van der Waals surface area contributed by atoms with Gasteiger partial charge in [0.1, 0.15) is 6.61 Å². The summed E-state index contributed by atoms with van der Waals surface area (Å²) in [5.74, 6) is -0.783. The third kappa shape index (κ3) is 5.61. The van der Waals surface area contributed by atoms with Crippen LogP contribution in [0.2, 0.25) is 10.0 Å². The van der Waals surface area contributed by atoms with Crippen molar-refractivity contribution in [3.63, 3.8) is 0 Å². The van der Waals surface area contributed by atoms with Gasteiger partial charge in [-0.1, -0.05) is 29.3 Å². The molecule has 0 radical (unpaired) electrons. The van der Waals surface area contributed by atoms with Crippen molar-refractivity contribution in [3.05, 3.63) is 45.6 Å². The van der Waals surface area contributed by atoms with Gasteiger partial charge in [0.2, 0.25) is 5.88 Å². The summed E-state index contributed by atoms with van der Waals surface area (Å²) in [6.45, 7) is 2.98. The lowest BCUT2D eigenvalue weighted by Crippen LogP contribution is -2.29. The minimum atomic E-state index is -1.11. The molecule has 0 bridgehead atoms. The zero-order valence-electron chi connectivity index (χ0n) is 15.9. The fourth-order valence-corrected chi connectivity index (χ4v) is 3.52. The molecule has 1 saturated heterocycles. The zero-order valence-corrected chi connectivity index (χ0v) is 17.4. The first-order chi connectivity index (χ1) is 14.0. The summed E-state index contributed by atoms with van der Waals surface area (Å²) < 4.78 is 18.3. The molecule has 10 heteroatoms. The van der Waals surface area contributed by atoms with E-state index in [2.05, 4.69) is 10.4 Å². The number of rotatable bonds is 8. The second-order valence-electron chi connectivity index (χ2n) is 6.63. The molecule has 1 fully saturated rings. The number of ether oxygens (including phenoxy) is 3. The summed E-state index contributed by atoms with van der Waals surface area (Å²) in [5.41, 5.74) is 0.826. The van der Waals surface area contributed by atoms with E-state index in [9.17, 15) is 9.90 Å². The quantitative estimate of drug-likeness (QED) is 0.605. The Hall–Kier alpha value is -1.84. The number of carboxylic acid groups (broad SMARTS) is 1. The van der Waals surface area contributed by atoms with Gasteiger partial charge in [0.15, 0.2) is 5.69 Å². The third-order valence-electron chi connectivity index (χ3n) is 4.59. The highest BCUT2D eigenvalue weighted by Crippen LogP contribution is 2.33. The number of carbonyl (C=O) groups is 1. The van der Waals surface area contributed by atoms with E-state index in [1.165, 1.54) is 6.07 Å². The van der Waals surface area contributed by atoms with Crippen molar-refractivity contribution in [1.29, 1.82) is 0 Å². The van der Waals surface area contributed by atoms with Crippen LogP contribution >= 0.6 is 23.2 Å². The lowest BCUT2D eigenvalue weighted by molar-refractivity contribution is 0.0231. The van der Waals surface area contributed by atoms with Crippen molar-refractivity contribution in [2.24, 2.45) is 5.92 Å². The first-order valence-electron chi connectivity index (χ1n) is 9.19. The Morgan fingerprint density at radius 3 is 2.90 bits per heavy atom. The number of hydrogen-bond donors (Lipinski definition) is 2. The molecule has 0 aliphatic carbocycles. The van der Waals surface area contributed by atoms with E-state index in [-0.39, 0.29) is 24.3 Å². The van der Waals surface area contributed by atoms with Crippen LogP contribution < -0.4 is 10.1 Å². The van der Waals surface area contributed by atoms with Gasteiger partial charge in [0, 0.05) is 32.2 Å². The predicted octanol–water partition coefficient (Wildman–Crippen LogP) is 2.89. The highest BCUT2D eigenvalue weighted by molar-refractivity contribution is 6.42. The van der Waals surface area contributed by atoms with Crippen LogP contribution in [0.4, 0.5) is 0 Å². The molecule has 29 heavy (non-hydrogen) atoms. The highest BCUT2D eigenvalue weighted by atomic mass is 35.5. The van der Waals surface area contributed by atoms with Crippen molar-refractivity contribution in [2.75, 3.05) is 40.0 Å². The first kappa shape index (κ1) is 21.9. The van der Waals surface area contributed by atoms with Gasteiger partial charge >= 0.3 is 5.97 Å². The Balaban J connectivity index is 1.86. The standard InChI is InChI=1S/C19H23Cl2N3O5/c1-27-6-7-28-17-9-16(19(25)26)23-24(17)11-13-10-22-4-5-29-18(13)12-2-3-14(20)15(21)8-12/h2-3,8-9,13,18,22H,4-7,10-11H2,1H3,(H,25,26). The monoisotopic (exact) mass is 443 g/mol. The summed E-state index contributed by atoms with van der Waals surface area (Å²) in [5, 5.41) is 17.8. The van der Waals surface area contributed by atoms with Crippen LogP contribution in [0.15, 0.2) is 24.3 Å². The van der Waals surface area contributed by atoms with Crippen LogP contribution in [-0.2, 0) is 16.0 Å². The normalized spacial score (nSPS) is 19.7. The number of nitrogens with zero attached hydrogens (tertiary/aromatic N) is 2. The average molecular weight is 444 g/mol. The molecule has 8 nitrogen and oxygen atoms in total. The molecule has 1 aliphatic rings. The number of hydrogen-bond acceptors (Lipinski definition) is 6. The van der Waals surface area contributed by atoms with Gasteiger partial charge in [-0.05, 0) is 17.7 Å². The smallest absolute Gasteiger partial charge is 0.356 e. The van der Waals surface area contributed by atoms with E-state index in [1.807, 2.05) is 6.07 Å². The largest absolute Gasteiger partial charge is 0.476 e. The number of aromatic carboxylic acids is 1. The molecular weight excluding hydrogens is 421 g/mol. The van der Waals surface area contributed by atoms with Gasteiger partial charge in [-0.3, -0.25) is 0 Å². The lowest BCUT2D eigenvalue weighted by Gasteiger charge is -2.26. The second kappa shape index (κ2) is 10.3. The number of nitrogens with one attached hydrogen (secondary N) is 1. The summed E-state index contributed by atoms with van der Waals surface area (Å²) >= 11 is 12.2. The lowest BCUT2D eigenvalue weighted by atomic mass is 9.95. The SMILES string of the molecule is COCCOc1cc(C(=O)O)nn1CC1CNCCOC1c1ccc(Cl)c(Cl)c1. The molecule has 0 saturated carbocycles. The molecular formula is C19H23Cl2N3O5. The predicted molar refractivity (Wildman–Crippen MR) is 108 cm³/mol. The molecule has 2 N–H and O–H groups in total. The Bertz CT molecular complexity index is 845. The Labute approximate surface area is 178 Å². The topological polar surface area (TPSA) is 94.8 Å². The van der Waals surface area contributed by atoms with E-state index < -0.39 is 5.97 Å². The van der Waals surface area contributed by atoms with Gasteiger partial charge in [-0.25, -0.2) is 9.48 Å². The Morgan fingerprint density at radius 2 is 2.17 bits per heavy atom. The van der Waals surface area contributed by atoms with Crippen molar-refractivity contribution < 1.29 is 24.1 Å².